The van der Waals surface area contributed by atoms with Crippen LogP contribution in [0.4, 0.5) is 13.2 Å². The van der Waals surface area contributed by atoms with Gasteiger partial charge in [-0.2, -0.15) is 13.2 Å². The van der Waals surface area contributed by atoms with Gasteiger partial charge in [-0.25, -0.2) is 4.98 Å². The van der Waals surface area contributed by atoms with Gasteiger partial charge in [-0.05, 0) is 18.6 Å². The number of carbonyl (C=O) groups is 1. The van der Waals surface area contributed by atoms with Crippen molar-refractivity contribution in [1.29, 1.82) is 0 Å². The van der Waals surface area contributed by atoms with Gasteiger partial charge in [0.15, 0.2) is 0 Å². The maximum atomic E-state index is 12.6. The Balaban J connectivity index is 1.67. The second-order valence-electron chi connectivity index (χ2n) is 6.25. The van der Waals surface area contributed by atoms with E-state index in [0.29, 0.717) is 30.1 Å². The molecule has 1 aromatic heterocycles. The molecule has 1 aliphatic rings. The van der Waals surface area contributed by atoms with E-state index in [1.54, 1.807) is 0 Å². The van der Waals surface area contributed by atoms with Gasteiger partial charge in [0.2, 0.25) is 0 Å². The lowest BCUT2D eigenvalue weighted by Gasteiger charge is -2.33. The zero-order valence-electron chi connectivity index (χ0n) is 13.6. The second kappa shape index (κ2) is 7.34. The second-order valence-corrected chi connectivity index (χ2v) is 7.11. The van der Waals surface area contributed by atoms with E-state index in [4.69, 9.17) is 5.11 Å². The Bertz CT molecular complexity index is 776. The fourth-order valence-corrected chi connectivity index (χ4v) is 3.75. The molecular weight excluding hydrogens is 369 g/mol. The number of aliphatic carboxylic acids is 1. The fourth-order valence-electron chi connectivity index (χ4n) is 2.94. The van der Waals surface area contributed by atoms with E-state index >= 15 is 0 Å². The maximum absolute atomic E-state index is 12.6. The van der Waals surface area contributed by atoms with Crippen LogP contribution in [0, 0.1) is 5.92 Å². The third-order valence-electron chi connectivity index (χ3n) is 4.37. The summed E-state index contributed by atoms with van der Waals surface area (Å²) in [5, 5.41) is 21.3. The van der Waals surface area contributed by atoms with Crippen molar-refractivity contribution in [2.45, 2.75) is 25.2 Å². The molecule has 0 unspecified atom stereocenters. The number of alkyl halides is 3. The molecule has 26 heavy (non-hydrogen) atoms. The van der Waals surface area contributed by atoms with E-state index in [-0.39, 0.29) is 6.54 Å². The maximum Gasteiger partial charge on any atom is 0.416 e. The van der Waals surface area contributed by atoms with Gasteiger partial charge in [-0.15, -0.1) is 11.3 Å². The number of likely N-dealkylation sites (tertiary alicyclic amines) is 1. The number of halogens is 3. The van der Waals surface area contributed by atoms with Crippen molar-refractivity contribution in [3.8, 4) is 10.6 Å². The standard InChI is InChI=1S/C17H17F3N2O3S/c18-17(19,20)11-3-1-10(2-4-11)15-21-12(9-26-15)7-22-6-5-14(23)13(8-22)16(24)25/h1-4,9,13-14,23H,5-8H2,(H,24,25)/t13-,14-/m0/s1. The van der Waals surface area contributed by atoms with Crippen molar-refractivity contribution < 1.29 is 28.2 Å². The van der Waals surface area contributed by atoms with Crippen LogP contribution in [-0.2, 0) is 17.5 Å². The molecule has 2 heterocycles. The first-order chi connectivity index (χ1) is 12.2. The van der Waals surface area contributed by atoms with Gasteiger partial charge in [0, 0.05) is 30.6 Å². The zero-order chi connectivity index (χ0) is 18.9. The van der Waals surface area contributed by atoms with E-state index in [9.17, 15) is 23.1 Å². The summed E-state index contributed by atoms with van der Waals surface area (Å²) in [5.74, 6) is -1.84. The number of aromatic nitrogens is 1. The first kappa shape index (κ1) is 18.8. The Kier molecular flexibility index (Phi) is 5.31. The molecular formula is C17H17F3N2O3S. The molecule has 140 valence electrons. The number of aliphatic hydroxyl groups excluding tert-OH is 1. The van der Waals surface area contributed by atoms with Crippen molar-refractivity contribution in [1.82, 2.24) is 9.88 Å². The van der Waals surface area contributed by atoms with Crippen LogP contribution in [0.5, 0.6) is 0 Å². The molecule has 0 amide bonds. The first-order valence-corrected chi connectivity index (χ1v) is 8.87. The SMILES string of the molecule is O=C(O)[C@H]1CN(Cc2csc(-c3ccc(C(F)(F)F)cc3)n2)CC[C@@H]1O. The van der Waals surface area contributed by atoms with Crippen LogP contribution >= 0.6 is 11.3 Å². The van der Waals surface area contributed by atoms with Gasteiger partial charge in [-0.3, -0.25) is 9.69 Å². The largest absolute Gasteiger partial charge is 0.481 e. The minimum absolute atomic E-state index is 0.240. The quantitative estimate of drug-likeness (QED) is 0.845. The Morgan fingerprint density at radius 3 is 2.62 bits per heavy atom. The Labute approximate surface area is 151 Å². The van der Waals surface area contributed by atoms with Crippen molar-refractivity contribution in [3.05, 3.63) is 40.9 Å². The molecule has 5 nitrogen and oxygen atoms in total. The minimum atomic E-state index is -4.37. The molecule has 1 aliphatic heterocycles. The van der Waals surface area contributed by atoms with E-state index in [1.165, 1.54) is 23.5 Å². The van der Waals surface area contributed by atoms with Crippen molar-refractivity contribution in [2.75, 3.05) is 13.1 Å². The summed E-state index contributed by atoms with van der Waals surface area (Å²) in [6.45, 7) is 1.25. The predicted octanol–water partition coefficient (Wildman–Crippen LogP) is 3.10. The van der Waals surface area contributed by atoms with E-state index in [0.717, 1.165) is 17.8 Å². The van der Waals surface area contributed by atoms with Gasteiger partial charge in [0.1, 0.15) is 5.01 Å². The normalized spacial score (nSPS) is 21.7. The van der Waals surface area contributed by atoms with Gasteiger partial charge >= 0.3 is 12.1 Å². The molecule has 2 aromatic rings. The number of thiazole rings is 1. The lowest BCUT2D eigenvalue weighted by molar-refractivity contribution is -0.149. The molecule has 2 N–H and O–H groups in total. The van der Waals surface area contributed by atoms with Crippen LogP contribution in [0.15, 0.2) is 29.6 Å². The predicted molar refractivity (Wildman–Crippen MR) is 89.6 cm³/mol. The summed E-state index contributed by atoms with van der Waals surface area (Å²) < 4.78 is 37.9. The summed E-state index contributed by atoms with van der Waals surface area (Å²) >= 11 is 1.33. The monoisotopic (exact) mass is 386 g/mol. The number of hydrogen-bond acceptors (Lipinski definition) is 5. The summed E-state index contributed by atoms with van der Waals surface area (Å²) in [5.41, 5.74) is 0.627. The number of hydrogen-bond donors (Lipinski definition) is 2. The number of rotatable bonds is 4. The van der Waals surface area contributed by atoms with Gasteiger partial charge in [0.25, 0.3) is 0 Å². The van der Waals surface area contributed by atoms with Crippen molar-refractivity contribution >= 4 is 17.3 Å². The number of carboxylic acids is 1. The van der Waals surface area contributed by atoms with Crippen LogP contribution < -0.4 is 0 Å². The highest BCUT2D eigenvalue weighted by molar-refractivity contribution is 7.13. The lowest BCUT2D eigenvalue weighted by atomic mass is 9.95. The Morgan fingerprint density at radius 1 is 1.31 bits per heavy atom. The fraction of sp³-hybridized carbons (Fsp3) is 0.412. The van der Waals surface area contributed by atoms with Gasteiger partial charge in [0.05, 0.1) is 23.3 Å². The van der Waals surface area contributed by atoms with E-state index in [2.05, 4.69) is 4.98 Å². The van der Waals surface area contributed by atoms with E-state index in [1.807, 2.05) is 10.3 Å². The van der Waals surface area contributed by atoms with Crippen molar-refractivity contribution in [2.24, 2.45) is 5.92 Å². The van der Waals surface area contributed by atoms with Crippen LogP contribution in [0.1, 0.15) is 17.7 Å². The average Bonchev–Trinajstić information content (AvgIpc) is 3.04. The third kappa shape index (κ3) is 4.22. The van der Waals surface area contributed by atoms with Gasteiger partial charge in [-0.1, -0.05) is 12.1 Å². The molecule has 0 spiro atoms. The summed E-state index contributed by atoms with van der Waals surface area (Å²) in [6.07, 6.45) is -4.83. The molecule has 0 saturated carbocycles. The van der Waals surface area contributed by atoms with Gasteiger partial charge < -0.3 is 10.2 Å². The molecule has 1 fully saturated rings. The average molecular weight is 386 g/mol. The Morgan fingerprint density at radius 2 is 2.00 bits per heavy atom. The van der Waals surface area contributed by atoms with Crippen LogP contribution in [0.25, 0.3) is 10.6 Å². The molecule has 1 aromatic carbocycles. The number of carboxylic acid groups (broad SMARTS) is 1. The topological polar surface area (TPSA) is 73.7 Å². The highest BCUT2D eigenvalue weighted by atomic mass is 32.1. The van der Waals surface area contributed by atoms with Crippen molar-refractivity contribution in [3.63, 3.8) is 0 Å². The minimum Gasteiger partial charge on any atom is -0.481 e. The number of benzene rings is 1. The molecule has 0 bridgehead atoms. The molecule has 9 heteroatoms. The zero-order valence-corrected chi connectivity index (χ0v) is 14.4. The van der Waals surface area contributed by atoms with Crippen LogP contribution in [-0.4, -0.2) is 45.3 Å². The Hall–Kier alpha value is -1.97. The smallest absolute Gasteiger partial charge is 0.416 e. The van der Waals surface area contributed by atoms with E-state index < -0.39 is 29.7 Å². The summed E-state index contributed by atoms with van der Waals surface area (Å²) in [7, 11) is 0. The van der Waals surface area contributed by atoms with Crippen LogP contribution in [0.2, 0.25) is 0 Å². The summed E-state index contributed by atoms with van der Waals surface area (Å²) in [6, 6.07) is 4.84. The molecule has 2 atom stereocenters. The molecule has 0 aliphatic carbocycles. The molecule has 1 saturated heterocycles. The van der Waals surface area contributed by atoms with Crippen LogP contribution in [0.3, 0.4) is 0 Å². The number of aliphatic hydroxyl groups is 1. The highest BCUT2D eigenvalue weighted by Crippen LogP contribution is 2.32. The number of piperidine rings is 1. The summed E-state index contributed by atoms with van der Waals surface area (Å²) in [4.78, 5) is 17.5. The number of nitrogens with zero attached hydrogens (tertiary/aromatic N) is 2. The lowest BCUT2D eigenvalue weighted by Crippen LogP contribution is -2.46. The highest BCUT2D eigenvalue weighted by Gasteiger charge is 2.33. The third-order valence-corrected chi connectivity index (χ3v) is 5.31. The first-order valence-electron chi connectivity index (χ1n) is 7.99. The molecule has 0 radical (unpaired) electrons. The molecule has 3 rings (SSSR count).